The zero-order valence-corrected chi connectivity index (χ0v) is 10.6. The quantitative estimate of drug-likeness (QED) is 0.482. The first-order valence-electron chi connectivity index (χ1n) is 4.55. The summed E-state index contributed by atoms with van der Waals surface area (Å²) in [7, 11) is 1.14. The summed E-state index contributed by atoms with van der Waals surface area (Å²) in [6.07, 6.45) is -2.39. The first-order valence-corrected chi connectivity index (χ1v) is 5.34. The number of alkyl halides is 2. The molecule has 0 saturated carbocycles. The summed E-state index contributed by atoms with van der Waals surface area (Å²) in [5, 5.41) is 10.6. The molecule has 0 fully saturated rings. The molecule has 0 bridgehead atoms. The number of rotatable bonds is 4. The molecule has 98 valence electrons. The predicted molar refractivity (Wildman–Crippen MR) is 59.3 cm³/mol. The Balaban J connectivity index is 3.30. The summed E-state index contributed by atoms with van der Waals surface area (Å²) in [4.78, 5) is 23.9. The Morgan fingerprint density at radius 2 is 2.28 bits per heavy atom. The highest BCUT2D eigenvalue weighted by Crippen LogP contribution is 2.35. The van der Waals surface area contributed by atoms with Crippen molar-refractivity contribution in [2.45, 2.75) is 12.8 Å². The van der Waals surface area contributed by atoms with Gasteiger partial charge in [0.15, 0.2) is 0 Å². The van der Waals surface area contributed by atoms with E-state index in [1.165, 1.54) is 0 Å². The number of esters is 1. The Morgan fingerprint density at radius 1 is 1.67 bits per heavy atom. The number of hydrogen-bond acceptors (Lipinski definition) is 5. The van der Waals surface area contributed by atoms with Crippen molar-refractivity contribution in [3.63, 3.8) is 0 Å². The Labute approximate surface area is 108 Å². The number of halogens is 3. The molecule has 0 saturated heterocycles. The zero-order valence-electron chi connectivity index (χ0n) is 9.02. The van der Waals surface area contributed by atoms with Crippen LogP contribution in [-0.4, -0.2) is 23.0 Å². The van der Waals surface area contributed by atoms with Gasteiger partial charge in [0, 0.05) is 10.0 Å². The second-order valence-electron chi connectivity index (χ2n) is 3.15. The fourth-order valence-corrected chi connectivity index (χ4v) is 1.82. The topological polar surface area (TPSA) is 82.3 Å². The Morgan fingerprint density at radius 3 is 2.72 bits per heavy atom. The maximum atomic E-state index is 12.8. The van der Waals surface area contributed by atoms with E-state index in [0.29, 0.717) is 0 Å². The van der Waals surface area contributed by atoms with Crippen molar-refractivity contribution in [1.82, 2.24) is 4.98 Å². The van der Waals surface area contributed by atoms with Crippen molar-refractivity contribution in [3.8, 4) is 0 Å². The minimum absolute atomic E-state index is 0.0998. The highest BCUT2D eigenvalue weighted by atomic mass is 79.9. The molecule has 1 aromatic rings. The molecule has 18 heavy (non-hydrogen) atoms. The van der Waals surface area contributed by atoms with Gasteiger partial charge in [0.05, 0.1) is 13.5 Å². The van der Waals surface area contributed by atoms with Crippen molar-refractivity contribution >= 4 is 27.7 Å². The van der Waals surface area contributed by atoms with E-state index in [9.17, 15) is 23.7 Å². The molecule has 1 rings (SSSR count). The number of nitrogens with zero attached hydrogens (tertiary/aromatic N) is 2. The van der Waals surface area contributed by atoms with Crippen LogP contribution in [0.4, 0.5) is 14.6 Å². The second-order valence-corrected chi connectivity index (χ2v) is 3.94. The Hall–Kier alpha value is -1.64. The number of pyridine rings is 1. The molecule has 9 heteroatoms. The smallest absolute Gasteiger partial charge is 0.373 e. The van der Waals surface area contributed by atoms with Gasteiger partial charge < -0.3 is 14.9 Å². The minimum Gasteiger partial charge on any atom is -0.469 e. The molecule has 0 radical (unpaired) electrons. The molecule has 0 aliphatic rings. The number of methoxy groups -OCH3 is 1. The van der Waals surface area contributed by atoms with Crippen LogP contribution in [0.1, 0.15) is 17.6 Å². The van der Waals surface area contributed by atoms with Gasteiger partial charge in [-0.3, -0.25) is 4.79 Å². The first kappa shape index (κ1) is 14.4. The zero-order chi connectivity index (χ0) is 13.9. The van der Waals surface area contributed by atoms with E-state index in [2.05, 4.69) is 25.7 Å². The van der Waals surface area contributed by atoms with E-state index in [-0.39, 0.29) is 16.5 Å². The average molecular weight is 325 g/mol. The fourth-order valence-electron chi connectivity index (χ4n) is 1.23. The maximum Gasteiger partial charge on any atom is 0.373 e. The van der Waals surface area contributed by atoms with Crippen LogP contribution in [0.3, 0.4) is 0 Å². The lowest BCUT2D eigenvalue weighted by atomic mass is 10.1. The van der Waals surface area contributed by atoms with Crippen LogP contribution >= 0.6 is 15.9 Å². The Kier molecular flexibility index (Phi) is 4.65. The van der Waals surface area contributed by atoms with Crippen LogP contribution in [0.5, 0.6) is 0 Å². The summed E-state index contributed by atoms with van der Waals surface area (Å²) in [5.74, 6) is -1.60. The van der Waals surface area contributed by atoms with Crippen molar-refractivity contribution in [2.75, 3.05) is 7.11 Å². The maximum absolute atomic E-state index is 12.8. The van der Waals surface area contributed by atoms with E-state index in [1.54, 1.807) is 0 Å². The molecule has 0 amide bonds. The van der Waals surface area contributed by atoms with E-state index in [4.69, 9.17) is 0 Å². The van der Waals surface area contributed by atoms with Gasteiger partial charge >= 0.3 is 11.8 Å². The highest BCUT2D eigenvalue weighted by Gasteiger charge is 2.29. The first-order chi connectivity index (χ1) is 8.38. The van der Waals surface area contributed by atoms with E-state index in [0.717, 1.165) is 13.3 Å². The highest BCUT2D eigenvalue weighted by molar-refractivity contribution is 9.10. The number of hydrogen-bond donors (Lipinski definition) is 0. The molecule has 6 nitrogen and oxygen atoms in total. The van der Waals surface area contributed by atoms with Gasteiger partial charge in [-0.25, -0.2) is 8.78 Å². The van der Waals surface area contributed by atoms with Crippen LogP contribution in [-0.2, 0) is 16.0 Å². The van der Waals surface area contributed by atoms with Gasteiger partial charge in [0.2, 0.25) is 0 Å². The number of aromatic nitrogens is 1. The SMILES string of the molecule is COC(=O)Cc1cnc([N+](=O)[O-])c(C(F)F)c1Br. The molecule has 1 aromatic heterocycles. The van der Waals surface area contributed by atoms with Gasteiger partial charge in [-0.15, -0.1) is 0 Å². The van der Waals surface area contributed by atoms with Crippen LogP contribution in [0.15, 0.2) is 10.7 Å². The Bertz CT molecular complexity index is 496. The summed E-state index contributed by atoms with van der Waals surface area (Å²) in [6.45, 7) is 0. The normalized spacial score (nSPS) is 10.5. The monoisotopic (exact) mass is 324 g/mol. The molecule has 0 aliphatic heterocycles. The van der Waals surface area contributed by atoms with E-state index in [1.807, 2.05) is 0 Å². The summed E-state index contributed by atoms with van der Waals surface area (Å²) in [6, 6.07) is 0. The van der Waals surface area contributed by atoms with Gasteiger partial charge in [-0.2, -0.15) is 0 Å². The van der Waals surface area contributed by atoms with Crippen LogP contribution < -0.4 is 0 Å². The number of nitro groups is 1. The van der Waals surface area contributed by atoms with Crippen LogP contribution in [0, 0.1) is 10.1 Å². The van der Waals surface area contributed by atoms with Gasteiger partial charge in [0.1, 0.15) is 11.8 Å². The van der Waals surface area contributed by atoms with Gasteiger partial charge in [-0.05, 0) is 25.8 Å². The second kappa shape index (κ2) is 5.80. The molecule has 0 N–H and O–H groups in total. The molecule has 0 spiro atoms. The van der Waals surface area contributed by atoms with Crippen molar-refractivity contribution < 1.29 is 23.2 Å². The van der Waals surface area contributed by atoms with Crippen LogP contribution in [0.2, 0.25) is 0 Å². The molecule has 0 unspecified atom stereocenters. The average Bonchev–Trinajstić information content (AvgIpc) is 2.30. The molecule has 0 atom stereocenters. The lowest BCUT2D eigenvalue weighted by Crippen LogP contribution is -2.08. The number of carbonyl (C=O) groups is 1. The van der Waals surface area contributed by atoms with Crippen molar-refractivity contribution in [3.05, 3.63) is 31.9 Å². The third-order valence-electron chi connectivity index (χ3n) is 2.06. The van der Waals surface area contributed by atoms with Gasteiger partial charge in [0.25, 0.3) is 6.43 Å². The molecular formula is C9H7BrF2N2O4. The summed E-state index contributed by atoms with van der Waals surface area (Å²) in [5.41, 5.74) is -0.746. The lowest BCUT2D eigenvalue weighted by molar-refractivity contribution is -0.391. The van der Waals surface area contributed by atoms with E-state index < -0.39 is 28.7 Å². The van der Waals surface area contributed by atoms with Crippen molar-refractivity contribution in [2.24, 2.45) is 0 Å². The van der Waals surface area contributed by atoms with Gasteiger partial charge in [-0.1, -0.05) is 0 Å². The van der Waals surface area contributed by atoms with Crippen LogP contribution in [0.25, 0.3) is 0 Å². The standard InChI is InChI=1S/C9H7BrF2N2O4/c1-18-5(15)2-4-3-13-9(14(16)17)6(7(4)10)8(11)12/h3,8H,2H2,1H3. The lowest BCUT2D eigenvalue weighted by Gasteiger charge is -2.07. The molecular weight excluding hydrogens is 318 g/mol. The fraction of sp³-hybridized carbons (Fsp3) is 0.333. The summed E-state index contributed by atoms with van der Waals surface area (Å²) < 4.78 is 29.7. The summed E-state index contributed by atoms with van der Waals surface area (Å²) >= 11 is 2.83. The minimum atomic E-state index is -3.08. The molecule has 0 aromatic carbocycles. The third-order valence-corrected chi connectivity index (χ3v) is 2.99. The molecule has 1 heterocycles. The third kappa shape index (κ3) is 2.97. The molecule has 0 aliphatic carbocycles. The number of carbonyl (C=O) groups excluding carboxylic acids is 1. The predicted octanol–water partition coefficient (Wildman–Crippen LogP) is 2.41. The largest absolute Gasteiger partial charge is 0.469 e. The number of ether oxygens (including phenoxy) is 1. The van der Waals surface area contributed by atoms with Crippen molar-refractivity contribution in [1.29, 1.82) is 0 Å². The van der Waals surface area contributed by atoms with E-state index >= 15 is 0 Å².